The number of fused-ring (bicyclic) bond motifs is 1. The molecule has 2 unspecified atom stereocenters. The van der Waals surface area contributed by atoms with Gasteiger partial charge < -0.3 is 14.2 Å². The minimum atomic E-state index is -0.581. The van der Waals surface area contributed by atoms with Gasteiger partial charge in [-0.15, -0.1) is 0 Å². The molecule has 2 rings (SSSR count). The van der Waals surface area contributed by atoms with Crippen molar-refractivity contribution >= 4 is 22.8 Å². The van der Waals surface area contributed by atoms with E-state index in [2.05, 4.69) is 4.99 Å². The summed E-state index contributed by atoms with van der Waals surface area (Å²) < 4.78 is 15.8. The molecule has 0 saturated carbocycles. The number of aliphatic imine (C=N–C) groups is 1. The van der Waals surface area contributed by atoms with Crippen LogP contribution in [0.5, 0.6) is 0 Å². The Morgan fingerprint density at radius 2 is 2.59 bits per heavy atom. The van der Waals surface area contributed by atoms with Gasteiger partial charge in [-0.3, -0.25) is 9.79 Å². The van der Waals surface area contributed by atoms with Gasteiger partial charge in [0.2, 0.25) is 0 Å². The molecule has 2 aliphatic rings. The van der Waals surface area contributed by atoms with Crippen LogP contribution < -0.4 is 0 Å². The first-order chi connectivity index (χ1) is 8.16. The number of methoxy groups -OCH3 is 1. The highest BCUT2D eigenvalue weighted by Crippen LogP contribution is 2.40. The first-order valence-corrected chi connectivity index (χ1v) is 6.21. The predicted octanol–water partition coefficient (Wildman–Crippen LogP) is 0.993. The number of esters is 1. The Balaban J connectivity index is 2.14. The average molecular weight is 257 g/mol. The second-order valence-electron chi connectivity index (χ2n) is 3.90. The molecule has 0 aromatic carbocycles. The maximum atomic E-state index is 10.9. The van der Waals surface area contributed by atoms with Crippen molar-refractivity contribution in [3.63, 3.8) is 0 Å². The highest BCUT2D eigenvalue weighted by atomic mass is 32.2. The molecule has 0 N–H and O–H groups in total. The maximum absolute atomic E-state index is 10.9. The van der Waals surface area contributed by atoms with Crippen LogP contribution in [0.25, 0.3) is 0 Å². The van der Waals surface area contributed by atoms with Crippen molar-refractivity contribution in [2.24, 2.45) is 4.99 Å². The predicted molar refractivity (Wildman–Crippen MR) is 65.1 cm³/mol. The molecular weight excluding hydrogens is 242 g/mol. The van der Waals surface area contributed by atoms with E-state index in [0.717, 1.165) is 5.04 Å². The van der Waals surface area contributed by atoms with Crippen LogP contribution in [0.15, 0.2) is 17.1 Å². The van der Waals surface area contributed by atoms with Crippen molar-refractivity contribution in [3.8, 4) is 0 Å². The van der Waals surface area contributed by atoms with E-state index in [4.69, 9.17) is 14.2 Å². The van der Waals surface area contributed by atoms with E-state index in [-0.39, 0.29) is 18.0 Å². The van der Waals surface area contributed by atoms with E-state index < -0.39 is 5.54 Å². The molecule has 0 amide bonds. The molecule has 0 fully saturated rings. The van der Waals surface area contributed by atoms with E-state index in [0.29, 0.717) is 13.2 Å². The summed E-state index contributed by atoms with van der Waals surface area (Å²) in [4.78, 5) is 15.5. The van der Waals surface area contributed by atoms with E-state index in [9.17, 15) is 4.79 Å². The van der Waals surface area contributed by atoms with Crippen LogP contribution in [0, 0.1) is 0 Å². The third-order valence-corrected chi connectivity index (χ3v) is 3.75. The lowest BCUT2D eigenvalue weighted by Crippen LogP contribution is -2.43. The number of nitrogens with zero attached hydrogens (tertiary/aromatic N) is 1. The van der Waals surface area contributed by atoms with Gasteiger partial charge in [0.1, 0.15) is 17.6 Å². The summed E-state index contributed by atoms with van der Waals surface area (Å²) in [6, 6.07) is 0. The number of hydrogen-bond donors (Lipinski definition) is 0. The van der Waals surface area contributed by atoms with Gasteiger partial charge in [0, 0.05) is 14.0 Å². The van der Waals surface area contributed by atoms with Crippen molar-refractivity contribution in [2.75, 3.05) is 26.9 Å². The second-order valence-corrected chi connectivity index (χ2v) is 5.03. The van der Waals surface area contributed by atoms with Crippen LogP contribution in [0.1, 0.15) is 6.92 Å². The molecule has 0 aromatic heterocycles. The molecule has 0 aromatic rings. The van der Waals surface area contributed by atoms with Gasteiger partial charge in [0.05, 0.1) is 18.3 Å². The SMILES string of the molecule is COCC1=NC2(COC(C)=O)C=CCOC2S1. The van der Waals surface area contributed by atoms with Gasteiger partial charge in [-0.1, -0.05) is 23.9 Å². The third kappa shape index (κ3) is 2.70. The second kappa shape index (κ2) is 5.20. The maximum Gasteiger partial charge on any atom is 0.302 e. The molecule has 6 heteroatoms. The van der Waals surface area contributed by atoms with E-state index in [1.165, 1.54) is 18.7 Å². The highest BCUT2D eigenvalue weighted by Gasteiger charge is 2.46. The standard InChI is InChI=1S/C11H15NO4S/c1-8(13)16-7-11-4-3-5-15-10(11)17-9(12-11)6-14-2/h3-4,10H,5-7H2,1-2H3. The Morgan fingerprint density at radius 1 is 1.76 bits per heavy atom. The number of rotatable bonds is 4. The Hall–Kier alpha value is -0.850. The summed E-state index contributed by atoms with van der Waals surface area (Å²) in [5.74, 6) is -0.308. The Labute approximate surface area is 104 Å². The molecule has 0 bridgehead atoms. The molecule has 17 heavy (non-hydrogen) atoms. The normalized spacial score (nSPS) is 30.9. The molecule has 2 heterocycles. The van der Waals surface area contributed by atoms with Crippen molar-refractivity contribution in [2.45, 2.75) is 17.9 Å². The molecule has 0 radical (unpaired) electrons. The topological polar surface area (TPSA) is 57.1 Å². The highest BCUT2D eigenvalue weighted by molar-refractivity contribution is 8.14. The molecule has 0 saturated heterocycles. The van der Waals surface area contributed by atoms with Crippen LogP contribution in [-0.2, 0) is 19.0 Å². The van der Waals surface area contributed by atoms with Crippen LogP contribution in [0.4, 0.5) is 0 Å². The number of carbonyl (C=O) groups is 1. The lowest BCUT2D eigenvalue weighted by atomic mass is 10.0. The first kappa shape index (κ1) is 12.6. The molecule has 2 atom stereocenters. The molecule has 5 nitrogen and oxygen atoms in total. The summed E-state index contributed by atoms with van der Waals surface area (Å²) in [5, 5.41) is 0.871. The smallest absolute Gasteiger partial charge is 0.302 e. The zero-order chi connectivity index (χ0) is 12.3. The summed E-state index contributed by atoms with van der Waals surface area (Å²) >= 11 is 1.53. The Morgan fingerprint density at radius 3 is 3.29 bits per heavy atom. The zero-order valence-corrected chi connectivity index (χ0v) is 10.7. The van der Waals surface area contributed by atoms with Crippen molar-refractivity contribution in [3.05, 3.63) is 12.2 Å². The molecule has 2 aliphatic heterocycles. The lowest BCUT2D eigenvalue weighted by Gasteiger charge is -2.31. The fourth-order valence-electron chi connectivity index (χ4n) is 1.78. The van der Waals surface area contributed by atoms with Crippen LogP contribution in [0.2, 0.25) is 0 Å². The molecule has 94 valence electrons. The van der Waals surface area contributed by atoms with Crippen LogP contribution >= 0.6 is 11.8 Å². The van der Waals surface area contributed by atoms with Crippen molar-refractivity contribution < 1.29 is 19.0 Å². The van der Waals surface area contributed by atoms with Gasteiger partial charge in [0.25, 0.3) is 0 Å². The van der Waals surface area contributed by atoms with Gasteiger partial charge in [-0.05, 0) is 0 Å². The summed E-state index contributed by atoms with van der Waals surface area (Å²) in [6.45, 7) is 2.63. The van der Waals surface area contributed by atoms with Crippen LogP contribution in [-0.4, -0.2) is 48.9 Å². The van der Waals surface area contributed by atoms with Crippen molar-refractivity contribution in [1.82, 2.24) is 0 Å². The minimum Gasteiger partial charge on any atom is -0.463 e. The average Bonchev–Trinajstić information content (AvgIpc) is 2.65. The summed E-state index contributed by atoms with van der Waals surface area (Å²) in [6.07, 6.45) is 3.86. The fraction of sp³-hybridized carbons (Fsp3) is 0.636. The number of hydrogen-bond acceptors (Lipinski definition) is 6. The number of ether oxygens (including phenoxy) is 3. The van der Waals surface area contributed by atoms with Gasteiger partial charge in [-0.2, -0.15) is 0 Å². The fourth-order valence-corrected chi connectivity index (χ4v) is 2.99. The van der Waals surface area contributed by atoms with Gasteiger partial charge >= 0.3 is 5.97 Å². The van der Waals surface area contributed by atoms with Crippen molar-refractivity contribution in [1.29, 1.82) is 0 Å². The monoisotopic (exact) mass is 257 g/mol. The first-order valence-electron chi connectivity index (χ1n) is 5.33. The summed E-state index contributed by atoms with van der Waals surface area (Å²) in [7, 11) is 1.63. The van der Waals surface area contributed by atoms with Gasteiger partial charge in [-0.25, -0.2) is 0 Å². The molecular formula is C11H15NO4S. The Bertz CT molecular complexity index is 368. The quantitative estimate of drug-likeness (QED) is 0.555. The summed E-state index contributed by atoms with van der Waals surface area (Å²) in [5.41, 5.74) is -0.709. The largest absolute Gasteiger partial charge is 0.463 e. The lowest BCUT2D eigenvalue weighted by molar-refractivity contribution is -0.143. The van der Waals surface area contributed by atoms with E-state index >= 15 is 0 Å². The van der Waals surface area contributed by atoms with E-state index in [1.807, 2.05) is 12.2 Å². The molecule has 0 spiro atoms. The van der Waals surface area contributed by atoms with E-state index in [1.54, 1.807) is 7.11 Å². The van der Waals surface area contributed by atoms with Crippen LogP contribution in [0.3, 0.4) is 0 Å². The number of thioether (sulfide) groups is 1. The van der Waals surface area contributed by atoms with Gasteiger partial charge in [0.15, 0.2) is 0 Å². The Kier molecular flexibility index (Phi) is 3.86. The number of carbonyl (C=O) groups excluding carboxylic acids is 1. The minimum absolute atomic E-state index is 0.128. The zero-order valence-electron chi connectivity index (χ0n) is 9.84. The molecule has 0 aliphatic carbocycles. The third-order valence-electron chi connectivity index (χ3n) is 2.51.